The number of halogens is 4. The zero-order valence-corrected chi connectivity index (χ0v) is 10.4. The molecule has 6 heteroatoms. The Balaban J connectivity index is 2.77. The Morgan fingerprint density at radius 2 is 2.12 bits per heavy atom. The molecule has 1 unspecified atom stereocenters. The maximum Gasteiger partial charge on any atom is 0.417 e. The summed E-state index contributed by atoms with van der Waals surface area (Å²) in [6.07, 6.45) is -2.65. The first-order valence-electron chi connectivity index (χ1n) is 5.31. The molecular formula is C11H14ClF3N2. The van der Waals surface area contributed by atoms with Crippen LogP contribution in [0.15, 0.2) is 12.3 Å². The molecule has 0 saturated heterocycles. The molecule has 0 aliphatic carbocycles. The highest BCUT2D eigenvalue weighted by molar-refractivity contribution is 6.32. The van der Waals surface area contributed by atoms with Gasteiger partial charge in [0.2, 0.25) is 0 Å². The fourth-order valence-electron chi connectivity index (χ4n) is 1.14. The molecule has 0 aromatic carbocycles. The smallest absolute Gasteiger partial charge is 0.369 e. The standard InChI is InChI=1S/C11H14ClF3N2/c1-3-7(2)5-16-10-9(12)4-8(6-17-10)11(13,14)15/h4,6-7H,3,5H2,1-2H3,(H,16,17). The molecule has 0 saturated carbocycles. The number of hydrogen-bond donors (Lipinski definition) is 1. The molecule has 1 heterocycles. The van der Waals surface area contributed by atoms with Crippen molar-refractivity contribution in [1.29, 1.82) is 0 Å². The van der Waals surface area contributed by atoms with E-state index in [1.807, 2.05) is 13.8 Å². The molecule has 1 aromatic rings. The first-order valence-corrected chi connectivity index (χ1v) is 5.69. The normalized spacial score (nSPS) is 13.5. The van der Waals surface area contributed by atoms with Crippen molar-refractivity contribution in [3.8, 4) is 0 Å². The number of anilines is 1. The van der Waals surface area contributed by atoms with Gasteiger partial charge < -0.3 is 5.32 Å². The van der Waals surface area contributed by atoms with Gasteiger partial charge >= 0.3 is 6.18 Å². The molecule has 0 bridgehead atoms. The predicted molar refractivity (Wildman–Crippen MR) is 62.2 cm³/mol. The van der Waals surface area contributed by atoms with E-state index in [0.29, 0.717) is 18.3 Å². The van der Waals surface area contributed by atoms with Crippen LogP contribution in [-0.4, -0.2) is 11.5 Å². The fraction of sp³-hybridized carbons (Fsp3) is 0.545. The second kappa shape index (κ2) is 5.58. The number of pyridine rings is 1. The van der Waals surface area contributed by atoms with Crippen molar-refractivity contribution in [3.63, 3.8) is 0 Å². The van der Waals surface area contributed by atoms with Crippen LogP contribution in [-0.2, 0) is 6.18 Å². The number of hydrogen-bond acceptors (Lipinski definition) is 2. The molecule has 1 aromatic heterocycles. The SMILES string of the molecule is CCC(C)CNc1ncc(C(F)(F)F)cc1Cl. The monoisotopic (exact) mass is 266 g/mol. The molecule has 2 nitrogen and oxygen atoms in total. The summed E-state index contributed by atoms with van der Waals surface area (Å²) >= 11 is 5.74. The van der Waals surface area contributed by atoms with Crippen LogP contribution >= 0.6 is 11.6 Å². The fourth-order valence-corrected chi connectivity index (χ4v) is 1.37. The Hall–Kier alpha value is -0.970. The summed E-state index contributed by atoms with van der Waals surface area (Å²) in [5, 5.41) is 2.92. The van der Waals surface area contributed by atoms with Gasteiger partial charge in [0, 0.05) is 12.7 Å². The summed E-state index contributed by atoms with van der Waals surface area (Å²) in [5.74, 6) is 0.704. The minimum absolute atomic E-state index is 0.0110. The van der Waals surface area contributed by atoms with Crippen LogP contribution in [0.25, 0.3) is 0 Å². The zero-order valence-electron chi connectivity index (χ0n) is 9.61. The van der Waals surface area contributed by atoms with E-state index in [4.69, 9.17) is 11.6 Å². The largest absolute Gasteiger partial charge is 0.417 e. The van der Waals surface area contributed by atoms with Gasteiger partial charge in [0.15, 0.2) is 0 Å². The molecule has 0 amide bonds. The summed E-state index contributed by atoms with van der Waals surface area (Å²) in [6, 6.07) is 0.882. The lowest BCUT2D eigenvalue weighted by atomic mass is 10.1. The molecule has 1 rings (SSSR count). The Labute approximate surface area is 103 Å². The number of alkyl halides is 3. The molecule has 0 radical (unpaired) electrons. The topological polar surface area (TPSA) is 24.9 Å². The van der Waals surface area contributed by atoms with E-state index in [-0.39, 0.29) is 5.02 Å². The van der Waals surface area contributed by atoms with Crippen LogP contribution in [0, 0.1) is 5.92 Å². The van der Waals surface area contributed by atoms with Crippen LogP contribution < -0.4 is 5.32 Å². The maximum absolute atomic E-state index is 12.3. The Bertz CT molecular complexity index is 379. The van der Waals surface area contributed by atoms with E-state index in [0.717, 1.165) is 18.7 Å². The van der Waals surface area contributed by atoms with E-state index in [2.05, 4.69) is 10.3 Å². The number of nitrogens with one attached hydrogen (secondary N) is 1. The molecule has 0 spiro atoms. The molecule has 0 aliphatic rings. The van der Waals surface area contributed by atoms with Crippen LogP contribution in [0.1, 0.15) is 25.8 Å². The average Bonchev–Trinajstić information content (AvgIpc) is 2.25. The molecule has 1 atom stereocenters. The highest BCUT2D eigenvalue weighted by Crippen LogP contribution is 2.32. The summed E-state index contributed by atoms with van der Waals surface area (Å²) in [5.41, 5.74) is -0.836. The third-order valence-corrected chi connectivity index (χ3v) is 2.77. The van der Waals surface area contributed by atoms with Crippen LogP contribution in [0.3, 0.4) is 0 Å². The molecule has 1 N–H and O–H groups in total. The van der Waals surface area contributed by atoms with Gasteiger partial charge in [0.1, 0.15) is 5.82 Å². The predicted octanol–water partition coefficient (Wildman–Crippen LogP) is 4.21. The Morgan fingerprint density at radius 1 is 1.47 bits per heavy atom. The van der Waals surface area contributed by atoms with Crippen LogP contribution in [0.4, 0.5) is 19.0 Å². The number of rotatable bonds is 4. The summed E-state index contributed by atoms with van der Waals surface area (Å²) in [6.45, 7) is 4.70. The van der Waals surface area contributed by atoms with Crippen molar-refractivity contribution in [3.05, 3.63) is 22.8 Å². The van der Waals surface area contributed by atoms with E-state index in [1.54, 1.807) is 0 Å². The lowest BCUT2D eigenvalue weighted by molar-refractivity contribution is -0.137. The third-order valence-electron chi connectivity index (χ3n) is 2.48. The Kier molecular flexibility index (Phi) is 4.62. The number of aromatic nitrogens is 1. The second-order valence-corrected chi connectivity index (χ2v) is 4.35. The van der Waals surface area contributed by atoms with Crippen molar-refractivity contribution in [1.82, 2.24) is 4.98 Å². The van der Waals surface area contributed by atoms with E-state index >= 15 is 0 Å². The quantitative estimate of drug-likeness (QED) is 0.883. The molecule has 0 fully saturated rings. The average molecular weight is 267 g/mol. The van der Waals surface area contributed by atoms with Crippen molar-refractivity contribution >= 4 is 17.4 Å². The first kappa shape index (κ1) is 14.1. The molecule has 0 aliphatic heterocycles. The summed E-state index contributed by atoms with van der Waals surface area (Å²) in [4.78, 5) is 3.69. The van der Waals surface area contributed by atoms with Gasteiger partial charge in [-0.3, -0.25) is 0 Å². The van der Waals surface area contributed by atoms with Gasteiger partial charge in [0.05, 0.1) is 10.6 Å². The highest BCUT2D eigenvalue weighted by atomic mass is 35.5. The summed E-state index contributed by atoms with van der Waals surface area (Å²) in [7, 11) is 0. The zero-order chi connectivity index (χ0) is 13.1. The van der Waals surface area contributed by atoms with Crippen molar-refractivity contribution < 1.29 is 13.2 Å². The van der Waals surface area contributed by atoms with Gasteiger partial charge in [-0.1, -0.05) is 31.9 Å². The van der Waals surface area contributed by atoms with Gasteiger partial charge in [-0.25, -0.2) is 4.98 Å². The van der Waals surface area contributed by atoms with Crippen molar-refractivity contribution in [2.75, 3.05) is 11.9 Å². The van der Waals surface area contributed by atoms with E-state index in [1.165, 1.54) is 0 Å². The van der Waals surface area contributed by atoms with Crippen molar-refractivity contribution in [2.45, 2.75) is 26.4 Å². The van der Waals surface area contributed by atoms with Gasteiger partial charge in [0.25, 0.3) is 0 Å². The van der Waals surface area contributed by atoms with E-state index < -0.39 is 11.7 Å². The highest BCUT2D eigenvalue weighted by Gasteiger charge is 2.31. The summed E-state index contributed by atoms with van der Waals surface area (Å²) < 4.78 is 37.0. The molecule has 96 valence electrons. The van der Waals surface area contributed by atoms with Gasteiger partial charge in [-0.15, -0.1) is 0 Å². The minimum atomic E-state index is -4.41. The molecular weight excluding hydrogens is 253 g/mol. The van der Waals surface area contributed by atoms with Gasteiger partial charge in [-0.05, 0) is 12.0 Å². The minimum Gasteiger partial charge on any atom is -0.369 e. The second-order valence-electron chi connectivity index (χ2n) is 3.95. The first-order chi connectivity index (χ1) is 7.84. The van der Waals surface area contributed by atoms with Gasteiger partial charge in [-0.2, -0.15) is 13.2 Å². The number of nitrogens with zero attached hydrogens (tertiary/aromatic N) is 1. The van der Waals surface area contributed by atoms with Crippen molar-refractivity contribution in [2.24, 2.45) is 5.92 Å². The third kappa shape index (κ3) is 4.07. The van der Waals surface area contributed by atoms with Crippen LogP contribution in [0.5, 0.6) is 0 Å². The molecule has 17 heavy (non-hydrogen) atoms. The maximum atomic E-state index is 12.3. The Morgan fingerprint density at radius 3 is 2.59 bits per heavy atom. The lowest BCUT2D eigenvalue weighted by Crippen LogP contribution is -2.12. The lowest BCUT2D eigenvalue weighted by Gasteiger charge is -2.13. The van der Waals surface area contributed by atoms with E-state index in [9.17, 15) is 13.2 Å². The van der Waals surface area contributed by atoms with Crippen LogP contribution in [0.2, 0.25) is 5.02 Å².